The highest BCUT2D eigenvalue weighted by Gasteiger charge is 2.45. The lowest BCUT2D eigenvalue weighted by Crippen LogP contribution is -2.50. The second-order valence-electron chi connectivity index (χ2n) is 13.4. The molecule has 5 atom stereocenters. The van der Waals surface area contributed by atoms with E-state index in [1.807, 2.05) is 18.2 Å². The fraction of sp³-hybridized carbons (Fsp3) is 0.529. The summed E-state index contributed by atoms with van der Waals surface area (Å²) in [5, 5.41) is 0.723. The van der Waals surface area contributed by atoms with Gasteiger partial charge in [-0.25, -0.2) is 4.72 Å². The molecule has 3 heterocycles. The summed E-state index contributed by atoms with van der Waals surface area (Å²) in [5.74, 6) is 0.0737. The first kappa shape index (κ1) is 30.6. The summed E-state index contributed by atoms with van der Waals surface area (Å²) >= 11 is 6.41. The van der Waals surface area contributed by atoms with Crippen LogP contribution in [0.1, 0.15) is 73.4 Å². The van der Waals surface area contributed by atoms with Crippen molar-refractivity contribution >= 4 is 39.4 Å². The van der Waals surface area contributed by atoms with Gasteiger partial charge in [0.1, 0.15) is 11.9 Å². The van der Waals surface area contributed by atoms with E-state index in [1.165, 1.54) is 22.4 Å². The molecule has 2 aromatic carbocycles. The molecule has 45 heavy (non-hydrogen) atoms. The van der Waals surface area contributed by atoms with Crippen molar-refractivity contribution in [2.24, 2.45) is 11.8 Å². The third-order valence-corrected chi connectivity index (χ3v) is 12.3. The number of aryl methyl sites for hydroxylation is 1. The zero-order chi connectivity index (χ0) is 31.3. The van der Waals surface area contributed by atoms with E-state index in [1.54, 1.807) is 18.2 Å². The number of nitrogens with one attached hydrogen (secondary N) is 1. The van der Waals surface area contributed by atoms with Gasteiger partial charge in [-0.05, 0) is 105 Å². The van der Waals surface area contributed by atoms with Gasteiger partial charge < -0.3 is 14.4 Å². The van der Waals surface area contributed by atoms with Crippen LogP contribution in [-0.4, -0.2) is 63.0 Å². The molecule has 1 amide bonds. The van der Waals surface area contributed by atoms with Crippen LogP contribution in [-0.2, 0) is 31.6 Å². The van der Waals surface area contributed by atoms with Crippen LogP contribution in [0.2, 0.25) is 5.02 Å². The van der Waals surface area contributed by atoms with Crippen LogP contribution in [0.4, 0.5) is 5.69 Å². The van der Waals surface area contributed by atoms with Crippen LogP contribution < -0.4 is 14.4 Å². The Labute approximate surface area is 270 Å². The summed E-state index contributed by atoms with van der Waals surface area (Å²) in [7, 11) is -4.07. The number of anilines is 1. The molecule has 9 nitrogen and oxygen atoms in total. The minimum Gasteiger partial charge on any atom is -0.490 e. The summed E-state index contributed by atoms with van der Waals surface area (Å²) < 4.78 is 43.1. The molecule has 1 saturated heterocycles. The Kier molecular flexibility index (Phi) is 8.11. The molecule has 1 spiro atoms. The molecule has 3 aliphatic heterocycles. The van der Waals surface area contributed by atoms with Gasteiger partial charge in [0.15, 0.2) is 0 Å². The maximum absolute atomic E-state index is 13.5. The van der Waals surface area contributed by atoms with Gasteiger partial charge in [0.25, 0.3) is 5.91 Å². The summed E-state index contributed by atoms with van der Waals surface area (Å²) in [6.45, 7) is 3.63. The van der Waals surface area contributed by atoms with Gasteiger partial charge in [-0.3, -0.25) is 9.59 Å². The van der Waals surface area contributed by atoms with Crippen molar-refractivity contribution in [3.63, 3.8) is 0 Å². The number of rotatable bonds is 1. The lowest BCUT2D eigenvalue weighted by molar-refractivity contribution is -0.149. The molecule has 5 aliphatic rings. The Morgan fingerprint density at radius 2 is 2.00 bits per heavy atom. The predicted octanol–water partition coefficient (Wildman–Crippen LogP) is 5.17. The number of nitrogens with zero attached hydrogens (tertiary/aromatic N) is 2. The van der Waals surface area contributed by atoms with Gasteiger partial charge in [0.2, 0.25) is 0 Å². The highest BCUT2D eigenvalue weighted by Crippen LogP contribution is 2.47. The molecule has 2 fully saturated rings. The van der Waals surface area contributed by atoms with E-state index in [2.05, 4.69) is 21.8 Å². The van der Waals surface area contributed by atoms with E-state index in [0.29, 0.717) is 51.3 Å². The van der Waals surface area contributed by atoms with Crippen LogP contribution in [0.5, 0.6) is 5.75 Å². The van der Waals surface area contributed by atoms with Crippen molar-refractivity contribution in [3.8, 4) is 5.75 Å². The SMILES string of the molecule is CC(=O)O[C@H]1/C=C/C[C@@H]2CCCN2S(=O)(=O)NC(=O)c2ccc3c(c2)N(C[C@@H]2CC[C@H]21)C[C@@]1(CCCc2cc(Cl)ccc21)CO3. The highest BCUT2D eigenvalue weighted by atomic mass is 35.5. The van der Waals surface area contributed by atoms with Crippen molar-refractivity contribution in [2.45, 2.75) is 75.9 Å². The van der Waals surface area contributed by atoms with Crippen LogP contribution in [0, 0.1) is 11.8 Å². The van der Waals surface area contributed by atoms with Gasteiger partial charge in [0.05, 0.1) is 12.3 Å². The number of benzene rings is 2. The molecule has 2 aliphatic carbocycles. The number of amides is 1. The first-order valence-electron chi connectivity index (χ1n) is 16.1. The number of carbonyl (C=O) groups excluding carboxylic acids is 2. The van der Waals surface area contributed by atoms with Gasteiger partial charge >= 0.3 is 16.2 Å². The molecule has 7 rings (SSSR count). The number of ether oxygens (including phenoxy) is 2. The molecular weight excluding hydrogens is 614 g/mol. The molecule has 240 valence electrons. The first-order valence-corrected chi connectivity index (χ1v) is 17.9. The molecule has 0 aromatic heterocycles. The summed E-state index contributed by atoms with van der Waals surface area (Å²) in [6.07, 6.45) is 10.3. The fourth-order valence-electron chi connectivity index (χ4n) is 8.22. The van der Waals surface area contributed by atoms with E-state index in [0.717, 1.165) is 42.8 Å². The van der Waals surface area contributed by atoms with Crippen molar-refractivity contribution in [2.75, 3.05) is 31.1 Å². The van der Waals surface area contributed by atoms with E-state index < -0.39 is 16.1 Å². The van der Waals surface area contributed by atoms with E-state index >= 15 is 0 Å². The lowest BCUT2D eigenvalue weighted by Gasteiger charge is -2.46. The van der Waals surface area contributed by atoms with Gasteiger partial charge in [-0.2, -0.15) is 12.7 Å². The normalized spacial score (nSPS) is 31.7. The Morgan fingerprint density at radius 3 is 2.80 bits per heavy atom. The van der Waals surface area contributed by atoms with Gasteiger partial charge in [0, 0.05) is 54.5 Å². The smallest absolute Gasteiger partial charge is 0.304 e. The Balaban J connectivity index is 1.31. The second-order valence-corrected chi connectivity index (χ2v) is 15.4. The Bertz CT molecular complexity index is 1650. The van der Waals surface area contributed by atoms with Crippen molar-refractivity contribution < 1.29 is 27.5 Å². The lowest BCUT2D eigenvalue weighted by atomic mass is 9.68. The average Bonchev–Trinajstić information content (AvgIpc) is 3.40. The largest absolute Gasteiger partial charge is 0.490 e. The zero-order valence-electron chi connectivity index (χ0n) is 25.5. The predicted molar refractivity (Wildman–Crippen MR) is 172 cm³/mol. The van der Waals surface area contributed by atoms with Gasteiger partial charge in [-0.15, -0.1) is 0 Å². The number of carbonyl (C=O) groups is 2. The minimum atomic E-state index is -4.07. The minimum absolute atomic E-state index is 0.133. The molecule has 1 N–H and O–H groups in total. The monoisotopic (exact) mass is 653 g/mol. The quantitative estimate of drug-likeness (QED) is 0.335. The van der Waals surface area contributed by atoms with E-state index in [9.17, 15) is 18.0 Å². The topological polar surface area (TPSA) is 105 Å². The highest BCUT2D eigenvalue weighted by molar-refractivity contribution is 7.87. The van der Waals surface area contributed by atoms with Gasteiger partial charge in [-0.1, -0.05) is 23.7 Å². The van der Waals surface area contributed by atoms with Crippen molar-refractivity contribution in [1.82, 2.24) is 9.03 Å². The van der Waals surface area contributed by atoms with Crippen LogP contribution in [0.25, 0.3) is 0 Å². The van der Waals surface area contributed by atoms with Crippen LogP contribution in [0.3, 0.4) is 0 Å². The van der Waals surface area contributed by atoms with E-state index in [-0.39, 0.29) is 40.9 Å². The second kappa shape index (κ2) is 11.9. The maximum Gasteiger partial charge on any atom is 0.304 e. The van der Waals surface area contributed by atoms with E-state index in [4.69, 9.17) is 21.1 Å². The molecule has 0 radical (unpaired) electrons. The third kappa shape index (κ3) is 5.85. The van der Waals surface area contributed by atoms with Crippen LogP contribution >= 0.6 is 11.6 Å². The molecular formula is C34H40ClN3O6S. The maximum atomic E-state index is 13.5. The number of esters is 1. The molecule has 2 aromatic rings. The summed E-state index contributed by atoms with van der Waals surface area (Å²) in [5.41, 5.74) is 3.24. The first-order chi connectivity index (χ1) is 21.6. The summed E-state index contributed by atoms with van der Waals surface area (Å²) in [4.78, 5) is 28.0. The number of hydrogen-bond acceptors (Lipinski definition) is 7. The molecule has 11 heteroatoms. The number of hydrogen-bond donors (Lipinski definition) is 1. The van der Waals surface area contributed by atoms with Crippen LogP contribution in [0.15, 0.2) is 48.6 Å². The van der Waals surface area contributed by atoms with Crippen molar-refractivity contribution in [1.29, 1.82) is 0 Å². The third-order valence-electron chi connectivity index (χ3n) is 10.5. The molecule has 1 saturated carbocycles. The molecule has 2 bridgehead atoms. The Hall–Kier alpha value is -3.08. The zero-order valence-corrected chi connectivity index (χ0v) is 27.1. The molecule has 0 unspecified atom stereocenters. The Morgan fingerprint density at radius 1 is 1.13 bits per heavy atom. The summed E-state index contributed by atoms with van der Waals surface area (Å²) in [6, 6.07) is 11.1. The average molecular weight is 654 g/mol. The standard InChI is InChI=1S/C34H40ClN3O6S/c1-22(39)44-31-8-2-6-27-7-4-16-38(27)45(41,42)36-33(40)24-10-14-32-30(18-24)37(19-25-9-12-28(25)31)20-34(21-43-32)15-3-5-23-17-26(35)11-13-29(23)34/h2,8,10-11,13-14,17-18,25,27-28,31H,3-7,9,12,15-16,19-21H2,1H3,(H,36,40)/b8-2+/t25-,27+,28+,31-,34-/m0/s1. The van der Waals surface area contributed by atoms with Crippen molar-refractivity contribution in [3.05, 3.63) is 70.3 Å². The fourth-order valence-corrected chi connectivity index (χ4v) is 9.84. The number of fused-ring (bicyclic) bond motifs is 5. The number of halogens is 1.